The zero-order chi connectivity index (χ0) is 15.1. The van der Waals surface area contributed by atoms with Gasteiger partial charge in [0.25, 0.3) is 5.91 Å². The quantitative estimate of drug-likeness (QED) is 0.754. The largest absolute Gasteiger partial charge is 0.480 e. The lowest BCUT2D eigenvalue weighted by atomic mass is 10.4. The van der Waals surface area contributed by atoms with Gasteiger partial charge in [0.1, 0.15) is 16.6 Å². The number of amides is 1. The van der Waals surface area contributed by atoms with Crippen molar-refractivity contribution >= 4 is 33.7 Å². The van der Waals surface area contributed by atoms with E-state index < -0.39 is 27.9 Å². The van der Waals surface area contributed by atoms with E-state index in [1.807, 2.05) is 0 Å². The van der Waals surface area contributed by atoms with Crippen LogP contribution in [0.25, 0.3) is 0 Å². The predicted octanol–water partition coefficient (Wildman–Crippen LogP) is -0.728. The number of aromatic nitrogens is 1. The molecule has 1 atom stereocenters. The van der Waals surface area contributed by atoms with E-state index in [1.165, 1.54) is 29.6 Å². The highest BCUT2D eigenvalue weighted by Crippen LogP contribution is 2.29. The number of aliphatic carboxylic acids is 1. The average molecular weight is 319 g/mol. The van der Waals surface area contributed by atoms with Crippen molar-refractivity contribution < 1.29 is 23.1 Å². The third kappa shape index (κ3) is 2.41. The van der Waals surface area contributed by atoms with Crippen molar-refractivity contribution in [3.05, 3.63) is 18.0 Å². The maximum absolute atomic E-state index is 12.4. The molecule has 8 nitrogen and oxygen atoms in total. The monoisotopic (exact) mass is 319 g/mol. The molecule has 10 heteroatoms. The van der Waals surface area contributed by atoms with Gasteiger partial charge in [-0.05, 0) is 6.07 Å². The summed E-state index contributed by atoms with van der Waals surface area (Å²) in [5.41, 5.74) is 5.18. The van der Waals surface area contributed by atoms with Crippen LogP contribution in [-0.2, 0) is 21.9 Å². The fourth-order valence-electron chi connectivity index (χ4n) is 1.91. The Balaban J connectivity index is 2.43. The highest BCUT2D eigenvalue weighted by atomic mass is 32.2. The fraction of sp³-hybridized carbons (Fsp3) is 0.400. The van der Waals surface area contributed by atoms with Crippen molar-refractivity contribution in [2.75, 3.05) is 11.6 Å². The summed E-state index contributed by atoms with van der Waals surface area (Å²) in [7, 11) is -2.47. The Morgan fingerprint density at radius 3 is 2.65 bits per heavy atom. The van der Waals surface area contributed by atoms with E-state index >= 15 is 0 Å². The second-order valence-corrected chi connectivity index (χ2v) is 7.17. The van der Waals surface area contributed by atoms with Gasteiger partial charge in [0.05, 0.1) is 5.88 Å². The molecule has 0 aliphatic carbocycles. The topological polar surface area (TPSA) is 123 Å². The van der Waals surface area contributed by atoms with Gasteiger partial charge in [-0.15, -0.1) is 11.8 Å². The van der Waals surface area contributed by atoms with E-state index in [1.54, 1.807) is 0 Å². The number of hydrogen-bond donors (Lipinski definition) is 2. The molecular weight excluding hydrogens is 306 g/mol. The molecule has 0 radical (unpaired) electrons. The van der Waals surface area contributed by atoms with Gasteiger partial charge in [0, 0.05) is 19.0 Å². The van der Waals surface area contributed by atoms with Crippen LogP contribution in [0.4, 0.5) is 0 Å². The van der Waals surface area contributed by atoms with Crippen LogP contribution in [0.3, 0.4) is 0 Å². The van der Waals surface area contributed by atoms with Gasteiger partial charge in [-0.1, -0.05) is 0 Å². The number of carboxylic acids is 1. The lowest BCUT2D eigenvalue weighted by molar-refractivity contribution is -0.140. The Bertz CT molecular complexity index is 666. The summed E-state index contributed by atoms with van der Waals surface area (Å²) in [6, 6.07) is 0.0572. The van der Waals surface area contributed by atoms with Gasteiger partial charge >= 0.3 is 5.97 Å². The molecule has 2 rings (SSSR count). The predicted molar refractivity (Wildman–Crippen MR) is 71.7 cm³/mol. The second-order valence-electron chi connectivity index (χ2n) is 4.28. The normalized spacial score (nSPS) is 20.1. The molecule has 0 saturated carbocycles. The number of nitrogens with zero attached hydrogens (tertiary/aromatic N) is 2. The molecule has 1 fully saturated rings. The van der Waals surface area contributed by atoms with Gasteiger partial charge < -0.3 is 15.4 Å². The highest BCUT2D eigenvalue weighted by Gasteiger charge is 2.40. The van der Waals surface area contributed by atoms with Crippen LogP contribution in [0.15, 0.2) is 17.2 Å². The SMILES string of the molecule is Cn1cc(S(=O)(=O)N2CSCC2C(=O)O)cc1C(N)=O. The molecule has 1 aromatic rings. The van der Waals surface area contributed by atoms with Crippen LogP contribution >= 0.6 is 11.8 Å². The maximum atomic E-state index is 12.4. The summed E-state index contributed by atoms with van der Waals surface area (Å²) < 4.78 is 27.1. The molecule has 1 aliphatic rings. The first kappa shape index (κ1) is 14.9. The molecule has 0 bridgehead atoms. The number of primary amides is 1. The Morgan fingerprint density at radius 2 is 2.15 bits per heavy atom. The van der Waals surface area contributed by atoms with Gasteiger partial charge in [0.2, 0.25) is 10.0 Å². The minimum absolute atomic E-state index is 0.0438. The average Bonchev–Trinajstić information content (AvgIpc) is 2.94. The van der Waals surface area contributed by atoms with Gasteiger partial charge in [0.15, 0.2) is 0 Å². The third-order valence-electron chi connectivity index (χ3n) is 2.97. The molecular formula is C10H13N3O5S2. The van der Waals surface area contributed by atoms with Crippen LogP contribution in [0, 0.1) is 0 Å². The van der Waals surface area contributed by atoms with Gasteiger partial charge in [-0.3, -0.25) is 9.59 Å². The van der Waals surface area contributed by atoms with E-state index in [4.69, 9.17) is 10.8 Å². The van der Waals surface area contributed by atoms with Crippen molar-refractivity contribution in [3.8, 4) is 0 Å². The van der Waals surface area contributed by atoms with Gasteiger partial charge in [-0.2, -0.15) is 4.31 Å². The van der Waals surface area contributed by atoms with Crippen LogP contribution in [0.2, 0.25) is 0 Å². The van der Waals surface area contributed by atoms with E-state index in [9.17, 15) is 18.0 Å². The minimum Gasteiger partial charge on any atom is -0.480 e. The van der Waals surface area contributed by atoms with E-state index in [0.717, 1.165) is 10.4 Å². The summed E-state index contributed by atoms with van der Waals surface area (Å²) in [6.45, 7) is 0. The van der Waals surface area contributed by atoms with Gasteiger partial charge in [-0.25, -0.2) is 8.42 Å². The first-order valence-electron chi connectivity index (χ1n) is 5.53. The summed E-state index contributed by atoms with van der Waals surface area (Å²) in [4.78, 5) is 22.1. The van der Waals surface area contributed by atoms with Crippen LogP contribution in [0.1, 0.15) is 10.5 Å². The summed E-state index contributed by atoms with van der Waals surface area (Å²) in [5, 5.41) is 9.04. The highest BCUT2D eigenvalue weighted by molar-refractivity contribution is 8.00. The first-order valence-corrected chi connectivity index (χ1v) is 8.13. The van der Waals surface area contributed by atoms with E-state index in [0.29, 0.717) is 0 Å². The lowest BCUT2D eigenvalue weighted by Gasteiger charge is -2.19. The number of hydrogen-bond acceptors (Lipinski definition) is 5. The molecule has 1 saturated heterocycles. The summed E-state index contributed by atoms with van der Waals surface area (Å²) in [5.74, 6) is -1.67. The molecule has 1 aromatic heterocycles. The van der Waals surface area contributed by atoms with E-state index in [-0.39, 0.29) is 22.2 Å². The molecule has 3 N–H and O–H groups in total. The van der Waals surface area contributed by atoms with Crippen LogP contribution < -0.4 is 5.73 Å². The molecule has 110 valence electrons. The molecule has 20 heavy (non-hydrogen) atoms. The van der Waals surface area contributed by atoms with Crippen molar-refractivity contribution in [3.63, 3.8) is 0 Å². The number of thioether (sulfide) groups is 1. The molecule has 1 aliphatic heterocycles. The molecule has 0 aromatic carbocycles. The number of nitrogens with two attached hydrogens (primary N) is 1. The molecule has 1 unspecified atom stereocenters. The molecule has 2 heterocycles. The maximum Gasteiger partial charge on any atom is 0.322 e. The second kappa shape index (κ2) is 5.11. The van der Waals surface area contributed by atoms with Crippen molar-refractivity contribution in [2.24, 2.45) is 12.8 Å². The number of aryl methyl sites for hydroxylation is 1. The number of rotatable bonds is 4. The van der Waals surface area contributed by atoms with Crippen molar-refractivity contribution in [2.45, 2.75) is 10.9 Å². The van der Waals surface area contributed by atoms with Crippen molar-refractivity contribution in [1.82, 2.24) is 8.87 Å². The zero-order valence-electron chi connectivity index (χ0n) is 10.5. The Labute approximate surface area is 119 Å². The Kier molecular flexibility index (Phi) is 3.80. The standard InChI is InChI=1S/C10H13N3O5S2/c1-12-3-6(2-7(12)9(11)14)20(17,18)13-5-19-4-8(13)10(15)16/h2-3,8H,4-5H2,1H3,(H2,11,14)(H,15,16). The number of carboxylic acid groups (broad SMARTS) is 1. The fourth-order valence-corrected chi connectivity index (χ4v) is 5.12. The van der Waals surface area contributed by atoms with Crippen LogP contribution in [0.5, 0.6) is 0 Å². The zero-order valence-corrected chi connectivity index (χ0v) is 12.1. The molecule has 0 spiro atoms. The third-order valence-corrected chi connectivity index (χ3v) is 5.96. The lowest BCUT2D eigenvalue weighted by Crippen LogP contribution is -2.41. The van der Waals surface area contributed by atoms with E-state index in [2.05, 4.69) is 0 Å². The minimum atomic E-state index is -3.97. The summed E-state index contributed by atoms with van der Waals surface area (Å²) >= 11 is 1.22. The number of sulfonamides is 1. The Morgan fingerprint density at radius 1 is 1.50 bits per heavy atom. The smallest absolute Gasteiger partial charge is 0.322 e. The summed E-state index contributed by atoms with van der Waals surface area (Å²) in [6.07, 6.45) is 1.25. The Hall–Kier alpha value is -1.52. The number of carbonyl (C=O) groups excluding carboxylic acids is 1. The number of carbonyl (C=O) groups is 2. The molecule has 1 amide bonds. The van der Waals surface area contributed by atoms with Crippen LogP contribution in [-0.4, -0.2) is 51.9 Å². The first-order chi connectivity index (χ1) is 9.25. The van der Waals surface area contributed by atoms with Crippen molar-refractivity contribution in [1.29, 1.82) is 0 Å².